The molecule has 0 spiro atoms. The van der Waals surface area contributed by atoms with Crippen LogP contribution in [0.25, 0.3) is 0 Å². The predicted octanol–water partition coefficient (Wildman–Crippen LogP) is 3.88. The van der Waals surface area contributed by atoms with Gasteiger partial charge in [-0.15, -0.1) is 0 Å². The highest BCUT2D eigenvalue weighted by atomic mass is 32.2. The Kier molecular flexibility index (Phi) is 6.16. The van der Waals surface area contributed by atoms with E-state index in [1.54, 1.807) is 42.7 Å². The molecule has 0 aliphatic carbocycles. The fourth-order valence-electron chi connectivity index (χ4n) is 4.88. The topological polar surface area (TPSA) is 101 Å². The molecule has 0 bridgehead atoms. The SMILES string of the molecule is O=C(Cn1c2c(sc1=O)[C@@H](c1cccnc1)[C@@H]1C(=O)N(c3ccc(F)cc3)C(=O)[C@@H]1S2)Nc1ccccc1. The molecule has 1 saturated heterocycles. The van der Waals surface area contributed by atoms with E-state index in [0.29, 0.717) is 21.2 Å². The number of nitrogens with zero attached hydrogens (tertiary/aromatic N) is 3. The van der Waals surface area contributed by atoms with Crippen molar-refractivity contribution in [3.05, 3.63) is 105 Å². The second-order valence-corrected chi connectivity index (χ2v) is 11.0. The van der Waals surface area contributed by atoms with Gasteiger partial charge in [0.05, 0.1) is 16.6 Å². The number of carbonyl (C=O) groups excluding carboxylic acids is 3. The number of thiazole rings is 1. The average Bonchev–Trinajstić information content (AvgIpc) is 3.36. The minimum atomic E-state index is -0.831. The number of imide groups is 1. The molecular weight excluding hydrogens is 527 g/mol. The first-order valence-corrected chi connectivity index (χ1v) is 13.4. The van der Waals surface area contributed by atoms with Crippen molar-refractivity contribution in [1.29, 1.82) is 0 Å². The van der Waals surface area contributed by atoms with Crippen molar-refractivity contribution in [2.24, 2.45) is 5.92 Å². The maximum Gasteiger partial charge on any atom is 0.308 e. The second-order valence-electron chi connectivity index (χ2n) is 8.85. The Labute approximate surface area is 224 Å². The van der Waals surface area contributed by atoms with E-state index in [0.717, 1.165) is 28.0 Å². The van der Waals surface area contributed by atoms with Crippen molar-refractivity contribution in [3.8, 4) is 0 Å². The summed E-state index contributed by atoms with van der Waals surface area (Å²) in [4.78, 5) is 58.9. The fourth-order valence-corrected chi connectivity index (χ4v) is 7.66. The normalized spacial score (nSPS) is 20.2. The summed E-state index contributed by atoms with van der Waals surface area (Å²) >= 11 is 2.09. The maximum atomic E-state index is 13.7. The standard InChI is InChI=1S/C27H19FN4O4S2/c28-16-8-10-18(11-9-16)32-24(34)21-20(15-5-4-12-29-13-15)23-26(37-22(21)25(32)35)31(27(36)38-23)14-19(33)30-17-6-2-1-3-7-17/h1-13,20-22H,14H2,(H,30,33)/t20-,21-,22+/m0/s1. The number of anilines is 2. The zero-order chi connectivity index (χ0) is 26.4. The van der Waals surface area contributed by atoms with Crippen LogP contribution in [0, 0.1) is 11.7 Å². The molecule has 1 N–H and O–H groups in total. The number of para-hydroxylation sites is 1. The van der Waals surface area contributed by atoms with Crippen molar-refractivity contribution in [1.82, 2.24) is 9.55 Å². The molecule has 2 aromatic carbocycles. The van der Waals surface area contributed by atoms with Gasteiger partial charge in [0, 0.05) is 28.9 Å². The minimum absolute atomic E-state index is 0.243. The van der Waals surface area contributed by atoms with Gasteiger partial charge >= 0.3 is 4.87 Å². The van der Waals surface area contributed by atoms with Gasteiger partial charge in [-0.1, -0.05) is 47.4 Å². The average molecular weight is 547 g/mol. The van der Waals surface area contributed by atoms with Crippen LogP contribution in [0.5, 0.6) is 0 Å². The fraction of sp³-hybridized carbons (Fsp3) is 0.148. The van der Waals surface area contributed by atoms with E-state index in [2.05, 4.69) is 10.3 Å². The molecule has 1 fully saturated rings. The number of benzene rings is 2. The van der Waals surface area contributed by atoms with E-state index in [1.165, 1.54) is 28.8 Å². The van der Waals surface area contributed by atoms with E-state index < -0.39 is 34.7 Å². The number of rotatable bonds is 5. The van der Waals surface area contributed by atoms with E-state index in [4.69, 9.17) is 0 Å². The first kappa shape index (κ1) is 24.3. The van der Waals surface area contributed by atoms with Gasteiger partial charge in [0.2, 0.25) is 17.7 Å². The maximum absolute atomic E-state index is 13.7. The monoisotopic (exact) mass is 546 g/mol. The second kappa shape index (κ2) is 9.66. The van der Waals surface area contributed by atoms with Gasteiger partial charge < -0.3 is 5.32 Å². The molecule has 38 heavy (non-hydrogen) atoms. The highest BCUT2D eigenvalue weighted by Gasteiger charge is 2.56. The number of carbonyl (C=O) groups is 3. The van der Waals surface area contributed by atoms with Gasteiger partial charge in [0.1, 0.15) is 17.6 Å². The first-order valence-electron chi connectivity index (χ1n) is 11.7. The summed E-state index contributed by atoms with van der Waals surface area (Å²) in [5, 5.41) is 2.43. The highest BCUT2D eigenvalue weighted by Crippen LogP contribution is 2.53. The minimum Gasteiger partial charge on any atom is -0.325 e. The lowest BCUT2D eigenvalue weighted by Gasteiger charge is -2.30. The number of aromatic nitrogens is 2. The predicted molar refractivity (Wildman–Crippen MR) is 142 cm³/mol. The molecule has 6 rings (SSSR count). The Hall–Kier alpha value is -4.09. The van der Waals surface area contributed by atoms with Crippen LogP contribution in [0.3, 0.4) is 0 Å². The highest BCUT2D eigenvalue weighted by molar-refractivity contribution is 8.00. The molecule has 190 valence electrons. The Morgan fingerprint density at radius 3 is 2.45 bits per heavy atom. The van der Waals surface area contributed by atoms with Crippen LogP contribution >= 0.6 is 23.1 Å². The number of hydrogen-bond acceptors (Lipinski definition) is 7. The summed E-state index contributed by atoms with van der Waals surface area (Å²) in [5.74, 6) is -3.14. The number of hydrogen-bond donors (Lipinski definition) is 1. The van der Waals surface area contributed by atoms with E-state index >= 15 is 0 Å². The number of halogens is 1. The van der Waals surface area contributed by atoms with Crippen molar-refractivity contribution in [3.63, 3.8) is 0 Å². The van der Waals surface area contributed by atoms with E-state index in [1.807, 2.05) is 12.1 Å². The molecule has 2 aromatic heterocycles. The number of fused-ring (bicyclic) bond motifs is 2. The Balaban J connectivity index is 1.41. The smallest absolute Gasteiger partial charge is 0.308 e. The summed E-state index contributed by atoms with van der Waals surface area (Å²) in [5.41, 5.74) is 1.57. The van der Waals surface area contributed by atoms with Gasteiger partial charge in [0.15, 0.2) is 0 Å². The number of amides is 3. The van der Waals surface area contributed by atoms with Gasteiger partial charge in [-0.3, -0.25) is 28.7 Å². The number of pyridine rings is 1. The molecule has 0 saturated carbocycles. The van der Waals surface area contributed by atoms with Crippen molar-refractivity contribution in [2.75, 3.05) is 10.2 Å². The van der Waals surface area contributed by atoms with Crippen LogP contribution in [0.15, 0.2) is 88.9 Å². The van der Waals surface area contributed by atoms with Crippen LogP contribution in [-0.4, -0.2) is 32.5 Å². The number of nitrogens with one attached hydrogen (secondary N) is 1. The van der Waals surface area contributed by atoms with Gasteiger partial charge in [-0.2, -0.15) is 0 Å². The largest absolute Gasteiger partial charge is 0.325 e. The molecule has 8 nitrogen and oxygen atoms in total. The molecule has 2 aliphatic rings. The quantitative estimate of drug-likeness (QED) is 0.382. The van der Waals surface area contributed by atoms with Crippen LogP contribution < -0.4 is 15.1 Å². The summed E-state index contributed by atoms with van der Waals surface area (Å²) < 4.78 is 14.9. The van der Waals surface area contributed by atoms with Gasteiger partial charge in [0.25, 0.3) is 0 Å². The van der Waals surface area contributed by atoms with E-state index in [-0.39, 0.29) is 23.0 Å². The Morgan fingerprint density at radius 2 is 1.74 bits per heavy atom. The lowest BCUT2D eigenvalue weighted by Crippen LogP contribution is -2.33. The van der Waals surface area contributed by atoms with Crippen LogP contribution in [0.2, 0.25) is 0 Å². The third kappa shape index (κ3) is 4.13. The summed E-state index contributed by atoms with van der Waals surface area (Å²) in [6.45, 7) is -0.243. The van der Waals surface area contributed by atoms with Crippen LogP contribution in [0.4, 0.5) is 15.8 Å². The van der Waals surface area contributed by atoms with Crippen LogP contribution in [-0.2, 0) is 20.9 Å². The molecule has 4 heterocycles. The Bertz CT molecular complexity index is 1610. The van der Waals surface area contributed by atoms with Crippen molar-refractivity contribution < 1.29 is 18.8 Å². The number of thioether (sulfide) groups is 1. The third-order valence-electron chi connectivity index (χ3n) is 6.54. The van der Waals surface area contributed by atoms with Crippen molar-refractivity contribution >= 4 is 52.2 Å². The van der Waals surface area contributed by atoms with E-state index in [9.17, 15) is 23.6 Å². The van der Waals surface area contributed by atoms with Crippen LogP contribution in [0.1, 0.15) is 16.4 Å². The zero-order valence-corrected chi connectivity index (χ0v) is 21.2. The lowest BCUT2D eigenvalue weighted by atomic mass is 9.84. The lowest BCUT2D eigenvalue weighted by molar-refractivity contribution is -0.122. The summed E-state index contributed by atoms with van der Waals surface area (Å²) in [7, 11) is 0. The molecule has 0 unspecified atom stereocenters. The molecule has 3 atom stereocenters. The summed E-state index contributed by atoms with van der Waals surface area (Å²) in [6.07, 6.45) is 3.23. The molecule has 3 amide bonds. The van der Waals surface area contributed by atoms with Gasteiger partial charge in [-0.25, -0.2) is 9.29 Å². The molecule has 4 aromatic rings. The molecule has 11 heteroatoms. The zero-order valence-electron chi connectivity index (χ0n) is 19.6. The molecule has 0 radical (unpaired) electrons. The Morgan fingerprint density at radius 1 is 0.974 bits per heavy atom. The third-order valence-corrected chi connectivity index (χ3v) is 9.14. The van der Waals surface area contributed by atoms with Gasteiger partial charge in [-0.05, 0) is 48.0 Å². The molecule has 2 aliphatic heterocycles. The summed E-state index contributed by atoms with van der Waals surface area (Å²) in [6, 6.07) is 17.6. The molecular formula is C27H19FN4O4S2. The van der Waals surface area contributed by atoms with Crippen molar-refractivity contribution in [2.45, 2.75) is 22.7 Å². The first-order chi connectivity index (χ1) is 18.4.